The second-order valence-electron chi connectivity index (χ2n) is 3.46. The molecule has 1 aromatic heterocycles. The van der Waals surface area contributed by atoms with E-state index in [-0.39, 0.29) is 0 Å². The molecule has 0 spiro atoms. The van der Waals surface area contributed by atoms with Gasteiger partial charge in [0.15, 0.2) is 0 Å². The SMILES string of the molecule is CCNC(C)c1cnc(CC)nc1C. The molecule has 3 heteroatoms. The van der Waals surface area contributed by atoms with E-state index in [1.54, 1.807) is 0 Å². The minimum absolute atomic E-state index is 0.339. The Balaban J connectivity index is 2.88. The first-order valence-electron chi connectivity index (χ1n) is 5.24. The fraction of sp³-hybridized carbons (Fsp3) is 0.636. The van der Waals surface area contributed by atoms with Crippen molar-refractivity contribution in [3.8, 4) is 0 Å². The van der Waals surface area contributed by atoms with Gasteiger partial charge in [-0.1, -0.05) is 13.8 Å². The number of aromatic nitrogens is 2. The third kappa shape index (κ3) is 2.51. The van der Waals surface area contributed by atoms with E-state index in [4.69, 9.17) is 0 Å². The Morgan fingerprint density at radius 2 is 2.14 bits per heavy atom. The highest BCUT2D eigenvalue weighted by atomic mass is 14.9. The van der Waals surface area contributed by atoms with Crippen LogP contribution in [0, 0.1) is 6.92 Å². The molecule has 14 heavy (non-hydrogen) atoms. The number of hydrogen-bond donors (Lipinski definition) is 1. The number of rotatable bonds is 4. The van der Waals surface area contributed by atoms with Crippen LogP contribution >= 0.6 is 0 Å². The summed E-state index contributed by atoms with van der Waals surface area (Å²) in [5, 5.41) is 3.36. The average molecular weight is 193 g/mol. The van der Waals surface area contributed by atoms with E-state index in [0.717, 1.165) is 24.5 Å². The first-order chi connectivity index (χ1) is 6.69. The molecule has 3 nitrogen and oxygen atoms in total. The molecule has 0 aliphatic heterocycles. The molecular weight excluding hydrogens is 174 g/mol. The van der Waals surface area contributed by atoms with Crippen LogP contribution in [-0.4, -0.2) is 16.5 Å². The first-order valence-corrected chi connectivity index (χ1v) is 5.24. The van der Waals surface area contributed by atoms with Crippen molar-refractivity contribution >= 4 is 0 Å². The average Bonchev–Trinajstić information content (AvgIpc) is 2.17. The van der Waals surface area contributed by atoms with Crippen LogP contribution in [0.2, 0.25) is 0 Å². The van der Waals surface area contributed by atoms with Gasteiger partial charge in [-0.15, -0.1) is 0 Å². The summed E-state index contributed by atoms with van der Waals surface area (Å²) in [5.41, 5.74) is 2.29. The van der Waals surface area contributed by atoms with Crippen molar-refractivity contribution in [3.05, 3.63) is 23.3 Å². The van der Waals surface area contributed by atoms with E-state index < -0.39 is 0 Å². The first kappa shape index (κ1) is 11.1. The van der Waals surface area contributed by atoms with Gasteiger partial charge in [0.1, 0.15) is 5.82 Å². The zero-order chi connectivity index (χ0) is 10.6. The molecule has 1 rings (SSSR count). The van der Waals surface area contributed by atoms with Crippen molar-refractivity contribution in [2.24, 2.45) is 0 Å². The summed E-state index contributed by atoms with van der Waals surface area (Å²) in [7, 11) is 0. The lowest BCUT2D eigenvalue weighted by Crippen LogP contribution is -2.19. The lowest BCUT2D eigenvalue weighted by Gasteiger charge is -2.14. The molecule has 0 saturated heterocycles. The van der Waals surface area contributed by atoms with E-state index in [2.05, 4.69) is 36.1 Å². The standard InChI is InChI=1S/C11H19N3/c1-5-11-13-7-10(9(4)14-11)8(3)12-6-2/h7-8,12H,5-6H2,1-4H3. The van der Waals surface area contributed by atoms with Gasteiger partial charge >= 0.3 is 0 Å². The van der Waals surface area contributed by atoms with Crippen LogP contribution in [0.3, 0.4) is 0 Å². The van der Waals surface area contributed by atoms with Crippen LogP contribution in [0.5, 0.6) is 0 Å². The third-order valence-corrected chi connectivity index (χ3v) is 2.36. The maximum atomic E-state index is 4.44. The Kier molecular flexibility index (Phi) is 4.01. The van der Waals surface area contributed by atoms with Gasteiger partial charge in [-0.25, -0.2) is 9.97 Å². The van der Waals surface area contributed by atoms with Crippen LogP contribution < -0.4 is 5.32 Å². The highest BCUT2D eigenvalue weighted by molar-refractivity contribution is 5.19. The Bertz CT molecular complexity index is 297. The van der Waals surface area contributed by atoms with Crippen molar-refractivity contribution in [2.45, 2.75) is 40.2 Å². The third-order valence-electron chi connectivity index (χ3n) is 2.36. The lowest BCUT2D eigenvalue weighted by atomic mass is 10.1. The molecule has 0 aliphatic carbocycles. The Hall–Kier alpha value is -0.960. The van der Waals surface area contributed by atoms with E-state index in [1.807, 2.05) is 13.1 Å². The fourth-order valence-corrected chi connectivity index (χ4v) is 1.54. The minimum atomic E-state index is 0.339. The summed E-state index contributed by atoms with van der Waals surface area (Å²) in [6.07, 6.45) is 2.84. The van der Waals surface area contributed by atoms with E-state index in [0.29, 0.717) is 6.04 Å². The van der Waals surface area contributed by atoms with E-state index >= 15 is 0 Å². The van der Waals surface area contributed by atoms with Gasteiger partial charge in [-0.2, -0.15) is 0 Å². The summed E-state index contributed by atoms with van der Waals surface area (Å²) < 4.78 is 0. The zero-order valence-corrected chi connectivity index (χ0v) is 9.46. The summed E-state index contributed by atoms with van der Waals surface area (Å²) in [4.78, 5) is 8.75. The maximum Gasteiger partial charge on any atom is 0.128 e. The summed E-state index contributed by atoms with van der Waals surface area (Å²) in [6.45, 7) is 9.33. The van der Waals surface area contributed by atoms with Crippen molar-refractivity contribution in [3.63, 3.8) is 0 Å². The molecular formula is C11H19N3. The van der Waals surface area contributed by atoms with Gasteiger partial charge < -0.3 is 5.32 Å². The van der Waals surface area contributed by atoms with E-state index in [9.17, 15) is 0 Å². The van der Waals surface area contributed by atoms with Gasteiger partial charge in [-0.05, 0) is 20.4 Å². The van der Waals surface area contributed by atoms with Crippen molar-refractivity contribution < 1.29 is 0 Å². The van der Waals surface area contributed by atoms with Gasteiger partial charge in [0.2, 0.25) is 0 Å². The van der Waals surface area contributed by atoms with Gasteiger partial charge in [0.05, 0.1) is 0 Å². The largest absolute Gasteiger partial charge is 0.310 e. The number of nitrogens with one attached hydrogen (secondary N) is 1. The second kappa shape index (κ2) is 5.05. The molecule has 0 fully saturated rings. The Morgan fingerprint density at radius 1 is 1.43 bits per heavy atom. The van der Waals surface area contributed by atoms with E-state index in [1.165, 1.54) is 5.56 Å². The number of aryl methyl sites for hydroxylation is 2. The maximum absolute atomic E-state index is 4.44. The van der Waals surface area contributed by atoms with Crippen LogP contribution in [0.15, 0.2) is 6.20 Å². The summed E-state index contributed by atoms with van der Waals surface area (Å²) in [6, 6.07) is 0.339. The van der Waals surface area contributed by atoms with Gasteiger partial charge in [0.25, 0.3) is 0 Å². The molecule has 1 unspecified atom stereocenters. The topological polar surface area (TPSA) is 37.8 Å². The summed E-state index contributed by atoms with van der Waals surface area (Å²) >= 11 is 0. The van der Waals surface area contributed by atoms with Gasteiger partial charge in [-0.3, -0.25) is 0 Å². The van der Waals surface area contributed by atoms with Crippen LogP contribution in [0.1, 0.15) is 43.9 Å². The number of hydrogen-bond acceptors (Lipinski definition) is 3. The molecule has 1 aromatic rings. The van der Waals surface area contributed by atoms with Crippen LogP contribution in [-0.2, 0) is 6.42 Å². The zero-order valence-electron chi connectivity index (χ0n) is 9.46. The molecule has 0 radical (unpaired) electrons. The highest BCUT2D eigenvalue weighted by Gasteiger charge is 2.08. The quantitative estimate of drug-likeness (QED) is 0.795. The molecule has 0 amide bonds. The predicted octanol–water partition coefficient (Wildman–Crippen LogP) is 2.02. The number of nitrogens with zero attached hydrogens (tertiary/aromatic N) is 2. The Labute approximate surface area is 86.0 Å². The smallest absolute Gasteiger partial charge is 0.128 e. The molecule has 1 heterocycles. The molecule has 78 valence electrons. The second-order valence-corrected chi connectivity index (χ2v) is 3.46. The molecule has 1 N–H and O–H groups in total. The van der Waals surface area contributed by atoms with Crippen molar-refractivity contribution in [1.82, 2.24) is 15.3 Å². The van der Waals surface area contributed by atoms with Gasteiger partial charge in [0, 0.05) is 29.9 Å². The van der Waals surface area contributed by atoms with Crippen LogP contribution in [0.4, 0.5) is 0 Å². The Morgan fingerprint density at radius 3 is 2.64 bits per heavy atom. The molecule has 0 aromatic carbocycles. The lowest BCUT2D eigenvalue weighted by molar-refractivity contribution is 0.588. The predicted molar refractivity (Wildman–Crippen MR) is 58.2 cm³/mol. The van der Waals surface area contributed by atoms with Crippen LogP contribution in [0.25, 0.3) is 0 Å². The van der Waals surface area contributed by atoms with Crippen molar-refractivity contribution in [1.29, 1.82) is 0 Å². The fourth-order valence-electron chi connectivity index (χ4n) is 1.54. The monoisotopic (exact) mass is 193 g/mol. The minimum Gasteiger partial charge on any atom is -0.310 e. The summed E-state index contributed by atoms with van der Waals surface area (Å²) in [5.74, 6) is 0.926. The normalized spacial score (nSPS) is 12.9. The molecule has 1 atom stereocenters. The molecule has 0 bridgehead atoms. The van der Waals surface area contributed by atoms with Crippen molar-refractivity contribution in [2.75, 3.05) is 6.54 Å². The molecule has 0 aliphatic rings. The molecule has 0 saturated carbocycles. The highest BCUT2D eigenvalue weighted by Crippen LogP contribution is 2.14.